The largest absolute Gasteiger partial charge is 0.373 e. The van der Waals surface area contributed by atoms with Crippen molar-refractivity contribution in [3.63, 3.8) is 0 Å². The first-order valence-corrected chi connectivity index (χ1v) is 5.29. The van der Waals surface area contributed by atoms with Crippen LogP contribution in [0.4, 0.5) is 0 Å². The van der Waals surface area contributed by atoms with Crippen LogP contribution >= 0.6 is 0 Å². The van der Waals surface area contributed by atoms with E-state index in [4.69, 9.17) is 4.74 Å². The van der Waals surface area contributed by atoms with Crippen molar-refractivity contribution in [3.8, 4) is 0 Å². The highest BCUT2D eigenvalue weighted by atomic mass is 16.5. The molecule has 2 bridgehead atoms. The first-order valence-electron chi connectivity index (χ1n) is 5.29. The molecule has 2 fully saturated rings. The van der Waals surface area contributed by atoms with Gasteiger partial charge in [-0.05, 0) is 38.6 Å². The van der Waals surface area contributed by atoms with Gasteiger partial charge < -0.3 is 10.1 Å². The maximum atomic E-state index is 5.84. The second-order valence-corrected chi connectivity index (χ2v) is 4.01. The number of ether oxygens (including phenoxy) is 1. The number of rotatable bonds is 3. The molecule has 0 aromatic heterocycles. The summed E-state index contributed by atoms with van der Waals surface area (Å²) < 4.78 is 5.84. The van der Waals surface area contributed by atoms with E-state index < -0.39 is 0 Å². The van der Waals surface area contributed by atoms with Crippen LogP contribution in [0, 0.1) is 0 Å². The summed E-state index contributed by atoms with van der Waals surface area (Å²) in [6.07, 6.45) is 7.56. The number of nitrogens with one attached hydrogen (secondary N) is 1. The minimum Gasteiger partial charge on any atom is -0.373 e. The Morgan fingerprint density at radius 1 is 1.25 bits per heavy atom. The predicted molar refractivity (Wildman–Crippen MR) is 49.2 cm³/mol. The maximum Gasteiger partial charge on any atom is 0.0732 e. The van der Waals surface area contributed by atoms with Crippen molar-refractivity contribution in [2.75, 3.05) is 6.54 Å². The highest BCUT2D eigenvalue weighted by Gasteiger charge is 2.35. The lowest BCUT2D eigenvalue weighted by atomic mass is 10.0. The average molecular weight is 169 g/mol. The number of hydrogen-bond donors (Lipinski definition) is 1. The molecule has 0 radical (unpaired) electrons. The molecule has 0 aliphatic carbocycles. The summed E-state index contributed by atoms with van der Waals surface area (Å²) in [5.74, 6) is 0. The molecule has 2 aliphatic heterocycles. The molecule has 2 nitrogen and oxygen atoms in total. The van der Waals surface area contributed by atoms with Gasteiger partial charge in [-0.1, -0.05) is 6.92 Å². The predicted octanol–water partition coefficient (Wildman–Crippen LogP) is 1.70. The zero-order valence-electron chi connectivity index (χ0n) is 7.88. The second kappa shape index (κ2) is 3.75. The molecule has 2 heterocycles. The van der Waals surface area contributed by atoms with Crippen molar-refractivity contribution in [2.24, 2.45) is 0 Å². The molecule has 1 N–H and O–H groups in total. The summed E-state index contributed by atoms with van der Waals surface area (Å²) in [6, 6.07) is 0.656. The number of fused-ring (bicyclic) bond motifs is 2. The van der Waals surface area contributed by atoms with Crippen LogP contribution in [0.5, 0.6) is 0 Å². The molecular weight excluding hydrogens is 150 g/mol. The average Bonchev–Trinajstić information content (AvgIpc) is 2.48. The zero-order valence-corrected chi connectivity index (χ0v) is 7.88. The number of hydrogen-bond acceptors (Lipinski definition) is 2. The van der Waals surface area contributed by atoms with E-state index in [1.165, 1.54) is 32.1 Å². The molecule has 0 aromatic rings. The summed E-state index contributed by atoms with van der Waals surface area (Å²) in [5.41, 5.74) is 0. The summed E-state index contributed by atoms with van der Waals surface area (Å²) in [7, 11) is 0. The summed E-state index contributed by atoms with van der Waals surface area (Å²) in [6.45, 7) is 3.36. The summed E-state index contributed by atoms with van der Waals surface area (Å²) in [5, 5.41) is 3.57. The van der Waals surface area contributed by atoms with Gasteiger partial charge in [-0.15, -0.1) is 0 Å². The van der Waals surface area contributed by atoms with Crippen molar-refractivity contribution in [1.82, 2.24) is 5.32 Å². The highest BCUT2D eigenvalue weighted by molar-refractivity contribution is 4.89. The minimum atomic E-state index is 0.537. The Morgan fingerprint density at radius 2 is 2.08 bits per heavy atom. The lowest BCUT2D eigenvalue weighted by Gasteiger charge is -2.30. The first-order chi connectivity index (χ1) is 5.90. The van der Waals surface area contributed by atoms with E-state index in [0.29, 0.717) is 18.2 Å². The fourth-order valence-electron chi connectivity index (χ4n) is 2.36. The monoisotopic (exact) mass is 169 g/mol. The van der Waals surface area contributed by atoms with Crippen LogP contribution < -0.4 is 5.32 Å². The van der Waals surface area contributed by atoms with Crippen LogP contribution in [-0.2, 0) is 4.74 Å². The molecule has 2 heteroatoms. The molecule has 12 heavy (non-hydrogen) atoms. The van der Waals surface area contributed by atoms with Gasteiger partial charge in [0.2, 0.25) is 0 Å². The van der Waals surface area contributed by atoms with E-state index in [1.54, 1.807) is 0 Å². The molecule has 70 valence electrons. The van der Waals surface area contributed by atoms with Crippen molar-refractivity contribution in [2.45, 2.75) is 57.3 Å². The van der Waals surface area contributed by atoms with Gasteiger partial charge in [0.05, 0.1) is 12.2 Å². The smallest absolute Gasteiger partial charge is 0.0732 e. The van der Waals surface area contributed by atoms with E-state index in [0.717, 1.165) is 6.54 Å². The van der Waals surface area contributed by atoms with Gasteiger partial charge in [0.1, 0.15) is 0 Å². The van der Waals surface area contributed by atoms with Crippen molar-refractivity contribution in [3.05, 3.63) is 0 Å². The zero-order chi connectivity index (χ0) is 8.39. The molecule has 2 rings (SSSR count). The summed E-state index contributed by atoms with van der Waals surface area (Å²) in [4.78, 5) is 0. The van der Waals surface area contributed by atoms with Crippen LogP contribution in [-0.4, -0.2) is 24.8 Å². The first kappa shape index (κ1) is 8.52. The molecule has 2 saturated heterocycles. The Bertz CT molecular complexity index is 149. The van der Waals surface area contributed by atoms with Crippen molar-refractivity contribution in [1.29, 1.82) is 0 Å². The quantitative estimate of drug-likeness (QED) is 0.694. The maximum absolute atomic E-state index is 5.84. The molecule has 2 aliphatic rings. The van der Waals surface area contributed by atoms with E-state index in [-0.39, 0.29) is 0 Å². The van der Waals surface area contributed by atoms with Crippen LogP contribution in [0.1, 0.15) is 39.0 Å². The van der Waals surface area contributed by atoms with Gasteiger partial charge in [-0.25, -0.2) is 0 Å². The van der Waals surface area contributed by atoms with Crippen molar-refractivity contribution < 1.29 is 4.74 Å². The lowest BCUT2D eigenvalue weighted by molar-refractivity contribution is -0.0161. The Hall–Kier alpha value is -0.0800. The van der Waals surface area contributed by atoms with E-state index in [1.807, 2.05) is 0 Å². The molecule has 3 unspecified atom stereocenters. The Labute approximate surface area is 74.7 Å². The Kier molecular flexibility index (Phi) is 2.66. The SMILES string of the molecule is CCCNC1CCC2CCC1O2. The van der Waals surface area contributed by atoms with Crippen LogP contribution in [0.2, 0.25) is 0 Å². The van der Waals surface area contributed by atoms with Gasteiger partial charge in [0.25, 0.3) is 0 Å². The van der Waals surface area contributed by atoms with E-state index in [9.17, 15) is 0 Å². The topological polar surface area (TPSA) is 21.3 Å². The minimum absolute atomic E-state index is 0.537. The molecule has 0 saturated carbocycles. The normalized spacial score (nSPS) is 40.2. The Morgan fingerprint density at radius 3 is 2.92 bits per heavy atom. The highest BCUT2D eigenvalue weighted by Crippen LogP contribution is 2.32. The molecule has 3 atom stereocenters. The molecule has 0 amide bonds. The molecule has 0 aromatic carbocycles. The molecule has 0 spiro atoms. The summed E-state index contributed by atoms with van der Waals surface area (Å²) >= 11 is 0. The fraction of sp³-hybridized carbons (Fsp3) is 1.00. The van der Waals surface area contributed by atoms with E-state index >= 15 is 0 Å². The van der Waals surface area contributed by atoms with Crippen LogP contribution in [0.25, 0.3) is 0 Å². The van der Waals surface area contributed by atoms with Gasteiger partial charge in [0.15, 0.2) is 0 Å². The van der Waals surface area contributed by atoms with Gasteiger partial charge in [-0.3, -0.25) is 0 Å². The van der Waals surface area contributed by atoms with Gasteiger partial charge >= 0.3 is 0 Å². The van der Waals surface area contributed by atoms with Crippen molar-refractivity contribution >= 4 is 0 Å². The third-order valence-electron chi connectivity index (χ3n) is 3.05. The Balaban J connectivity index is 1.81. The van der Waals surface area contributed by atoms with E-state index in [2.05, 4.69) is 12.2 Å². The van der Waals surface area contributed by atoms with Gasteiger partial charge in [0, 0.05) is 6.04 Å². The standard InChI is InChI=1S/C10H19NO/c1-2-7-11-9-5-3-8-4-6-10(9)12-8/h8-11H,2-7H2,1H3. The molecular formula is C10H19NO. The lowest BCUT2D eigenvalue weighted by Crippen LogP contribution is -2.43. The third kappa shape index (κ3) is 1.64. The van der Waals surface area contributed by atoms with Gasteiger partial charge in [-0.2, -0.15) is 0 Å². The second-order valence-electron chi connectivity index (χ2n) is 4.01. The third-order valence-corrected chi connectivity index (χ3v) is 3.05. The van der Waals surface area contributed by atoms with Crippen LogP contribution in [0.15, 0.2) is 0 Å². The van der Waals surface area contributed by atoms with Crippen LogP contribution in [0.3, 0.4) is 0 Å². The fourth-order valence-corrected chi connectivity index (χ4v) is 2.36.